The van der Waals surface area contributed by atoms with Gasteiger partial charge in [0.1, 0.15) is 34.7 Å². The normalized spacial score (nSPS) is 18.3. The Morgan fingerprint density at radius 2 is 1.96 bits per heavy atom. The van der Waals surface area contributed by atoms with Crippen LogP contribution < -0.4 is 4.90 Å². The van der Waals surface area contributed by atoms with E-state index < -0.39 is 45.5 Å². The minimum Gasteiger partial charge on any atom is -0.507 e. The van der Waals surface area contributed by atoms with Crippen LogP contribution in [0.1, 0.15) is 39.7 Å². The number of phenols is 1. The van der Waals surface area contributed by atoms with Crippen molar-refractivity contribution >= 4 is 34.4 Å². The van der Waals surface area contributed by atoms with Crippen LogP contribution in [-0.4, -0.2) is 73.8 Å². The number of amides is 3. The lowest BCUT2D eigenvalue weighted by Gasteiger charge is -2.41. The van der Waals surface area contributed by atoms with Crippen LogP contribution in [0.3, 0.4) is 0 Å². The zero-order valence-electron chi connectivity index (χ0n) is 26.7. The molecule has 2 aliphatic rings. The van der Waals surface area contributed by atoms with E-state index in [1.54, 1.807) is 24.0 Å². The fraction of sp³-hybridized carbons (Fsp3) is 0.353. The second-order valence-electron chi connectivity index (χ2n) is 11.7. The van der Waals surface area contributed by atoms with Crippen LogP contribution in [-0.2, 0) is 22.0 Å². The number of fused-ring (bicyclic) bond motifs is 1. The number of carbonyl (C=O) groups is 2. The molecule has 1 N–H and O–H groups in total. The number of aromatic nitrogens is 1. The Bertz CT molecular complexity index is 1680. The summed E-state index contributed by atoms with van der Waals surface area (Å²) < 4.78 is 44.1. The standard InChI is InChI=1S/C34H39F2N5O4S/c1-8-11-27(46(7)45)32(21(5)16-20(3)4)41-33-23(17-25(36)31(38-33)30-24(35)12-10-13-26(30)42)18-28(37-34(41)44)40-15-14-39(19-22(40)6)29(43)9-2/h8-13,17,20,22,42H,2,5,14-16,18-19H2,1,3-4,6-7H3/b11-8-,32-27-/t22-,46?/m0/s1. The third kappa shape index (κ3) is 7.01. The number of anilines is 1. The van der Waals surface area contributed by atoms with Gasteiger partial charge in [-0.2, -0.15) is 4.99 Å². The maximum absolute atomic E-state index is 15.9. The highest BCUT2D eigenvalue weighted by atomic mass is 32.2. The molecule has 1 aromatic carbocycles. The van der Waals surface area contributed by atoms with Gasteiger partial charge in [0.15, 0.2) is 0 Å². The van der Waals surface area contributed by atoms with Crippen molar-refractivity contribution in [3.8, 4) is 17.0 Å². The molecule has 12 heteroatoms. The Morgan fingerprint density at radius 3 is 2.54 bits per heavy atom. The van der Waals surface area contributed by atoms with Crippen molar-refractivity contribution in [3.05, 3.63) is 89.0 Å². The molecule has 2 aliphatic heterocycles. The number of allylic oxidation sites excluding steroid dienone is 3. The molecule has 3 heterocycles. The average Bonchev–Trinajstić information content (AvgIpc) is 3.11. The molecule has 2 atom stereocenters. The van der Waals surface area contributed by atoms with Crippen LogP contribution in [0, 0.1) is 17.6 Å². The number of rotatable bonds is 8. The lowest BCUT2D eigenvalue weighted by Crippen LogP contribution is -2.55. The summed E-state index contributed by atoms with van der Waals surface area (Å²) in [5.41, 5.74) is -0.0326. The molecule has 2 aromatic rings. The number of aliphatic imine (C=N–C) groups is 1. The molecule has 0 aliphatic carbocycles. The van der Waals surface area contributed by atoms with Crippen molar-refractivity contribution in [2.24, 2.45) is 10.9 Å². The number of phenolic OH excluding ortho intramolecular Hbond substituents is 1. The summed E-state index contributed by atoms with van der Waals surface area (Å²) in [5, 5.41) is 10.5. The summed E-state index contributed by atoms with van der Waals surface area (Å²) >= 11 is 0. The zero-order valence-corrected chi connectivity index (χ0v) is 27.5. The number of amidine groups is 1. The van der Waals surface area contributed by atoms with Gasteiger partial charge in [0.05, 0.1) is 27.0 Å². The molecular formula is C34H39F2N5O4S. The lowest BCUT2D eigenvalue weighted by atomic mass is 9.99. The van der Waals surface area contributed by atoms with E-state index >= 15 is 8.78 Å². The van der Waals surface area contributed by atoms with Gasteiger partial charge in [0.25, 0.3) is 0 Å². The molecule has 244 valence electrons. The highest BCUT2D eigenvalue weighted by Gasteiger charge is 2.36. The van der Waals surface area contributed by atoms with Gasteiger partial charge in [-0.3, -0.25) is 9.00 Å². The molecule has 0 saturated carbocycles. The predicted molar refractivity (Wildman–Crippen MR) is 178 cm³/mol. The van der Waals surface area contributed by atoms with Gasteiger partial charge in [0, 0.05) is 43.9 Å². The van der Waals surface area contributed by atoms with Crippen LogP contribution in [0.5, 0.6) is 5.75 Å². The van der Waals surface area contributed by atoms with E-state index in [0.29, 0.717) is 37.5 Å². The minimum atomic E-state index is -1.62. The third-order valence-electron chi connectivity index (χ3n) is 7.76. The average molecular weight is 652 g/mol. The lowest BCUT2D eigenvalue weighted by molar-refractivity contribution is -0.128. The molecule has 4 rings (SSSR count). The second-order valence-corrected chi connectivity index (χ2v) is 13.0. The Hall–Kier alpha value is -4.45. The molecule has 0 spiro atoms. The van der Waals surface area contributed by atoms with E-state index in [-0.39, 0.29) is 46.3 Å². The number of hydrogen-bond donors (Lipinski definition) is 1. The van der Waals surface area contributed by atoms with Crippen molar-refractivity contribution in [2.45, 2.75) is 46.6 Å². The largest absolute Gasteiger partial charge is 0.507 e. The van der Waals surface area contributed by atoms with E-state index in [1.165, 1.54) is 29.4 Å². The quantitative estimate of drug-likeness (QED) is 0.273. The molecule has 1 fully saturated rings. The molecular weight excluding hydrogens is 612 g/mol. The van der Waals surface area contributed by atoms with Gasteiger partial charge < -0.3 is 14.9 Å². The van der Waals surface area contributed by atoms with E-state index in [4.69, 9.17) is 0 Å². The van der Waals surface area contributed by atoms with Crippen molar-refractivity contribution in [2.75, 3.05) is 30.8 Å². The van der Waals surface area contributed by atoms with E-state index in [9.17, 15) is 18.9 Å². The number of aromatic hydroxyl groups is 1. The fourth-order valence-corrected chi connectivity index (χ4v) is 6.59. The Kier molecular flexibility index (Phi) is 10.7. The number of carbonyl (C=O) groups excluding carboxylic acids is 2. The number of nitrogens with zero attached hydrogens (tertiary/aromatic N) is 5. The maximum atomic E-state index is 15.9. The SMILES string of the molecule is C=CC(=O)N1CCN(C2=NC(=O)N(/C(C(=C)CC(C)C)=C(/C=C\C)S(C)=O)c3nc(-c4c(O)cccc4F)c(F)cc3C2)[C@@H](C)C1. The molecule has 1 saturated heterocycles. The number of urea groups is 1. The number of piperazine rings is 1. The van der Waals surface area contributed by atoms with E-state index in [2.05, 4.69) is 23.1 Å². The first-order valence-electron chi connectivity index (χ1n) is 14.9. The number of halogens is 2. The molecule has 46 heavy (non-hydrogen) atoms. The van der Waals surface area contributed by atoms with Crippen molar-refractivity contribution in [3.63, 3.8) is 0 Å². The van der Waals surface area contributed by atoms with E-state index in [1.807, 2.05) is 25.7 Å². The molecule has 1 aromatic heterocycles. The molecule has 1 unspecified atom stereocenters. The Balaban J connectivity index is 2.01. The number of hydrogen-bond acceptors (Lipinski definition) is 6. The highest BCUT2D eigenvalue weighted by molar-refractivity contribution is 7.88. The first kappa shape index (κ1) is 34.4. The maximum Gasteiger partial charge on any atom is 0.355 e. The third-order valence-corrected chi connectivity index (χ3v) is 8.71. The van der Waals surface area contributed by atoms with Crippen LogP contribution in [0.4, 0.5) is 19.4 Å². The van der Waals surface area contributed by atoms with Gasteiger partial charge in [-0.05, 0) is 62.1 Å². The topological polar surface area (TPSA) is 106 Å². The first-order valence-corrected chi connectivity index (χ1v) is 16.5. The summed E-state index contributed by atoms with van der Waals surface area (Å²) in [6.45, 7) is 16.4. The second kappa shape index (κ2) is 14.3. The van der Waals surface area contributed by atoms with Gasteiger partial charge in [0.2, 0.25) is 5.91 Å². The Morgan fingerprint density at radius 1 is 1.24 bits per heavy atom. The fourth-order valence-electron chi connectivity index (χ4n) is 5.76. The summed E-state index contributed by atoms with van der Waals surface area (Å²) in [5.74, 6) is -2.18. The number of benzene rings is 1. The summed E-state index contributed by atoms with van der Waals surface area (Å²) in [6.07, 6.45) is 6.42. The van der Waals surface area contributed by atoms with Crippen LogP contribution in [0.2, 0.25) is 0 Å². The zero-order chi connectivity index (χ0) is 33.9. The van der Waals surface area contributed by atoms with Crippen molar-refractivity contribution in [1.29, 1.82) is 0 Å². The van der Waals surface area contributed by atoms with Crippen molar-refractivity contribution < 1.29 is 27.7 Å². The molecule has 0 bridgehead atoms. The molecule has 9 nitrogen and oxygen atoms in total. The first-order chi connectivity index (χ1) is 21.8. The monoisotopic (exact) mass is 651 g/mol. The van der Waals surface area contributed by atoms with Gasteiger partial charge in [-0.1, -0.05) is 39.1 Å². The van der Waals surface area contributed by atoms with Crippen LogP contribution >= 0.6 is 0 Å². The van der Waals surface area contributed by atoms with Gasteiger partial charge in [-0.15, -0.1) is 0 Å². The van der Waals surface area contributed by atoms with Gasteiger partial charge >= 0.3 is 6.03 Å². The summed E-state index contributed by atoms with van der Waals surface area (Å²) in [7, 11) is -1.62. The van der Waals surface area contributed by atoms with E-state index in [0.717, 1.165) is 12.1 Å². The summed E-state index contributed by atoms with van der Waals surface area (Å²) in [4.78, 5) is 40.7. The smallest absolute Gasteiger partial charge is 0.355 e. The van der Waals surface area contributed by atoms with Crippen LogP contribution in [0.25, 0.3) is 11.3 Å². The number of pyridine rings is 1. The predicted octanol–water partition coefficient (Wildman–Crippen LogP) is 6.10. The molecule has 3 amide bonds. The van der Waals surface area contributed by atoms with Crippen molar-refractivity contribution in [1.82, 2.24) is 14.8 Å². The summed E-state index contributed by atoms with van der Waals surface area (Å²) in [6, 6.07) is 3.69. The molecule has 0 radical (unpaired) electrons. The Labute approximate surface area is 270 Å². The minimum absolute atomic E-state index is 0.0249. The highest BCUT2D eigenvalue weighted by Crippen LogP contribution is 2.39. The van der Waals surface area contributed by atoms with Crippen LogP contribution in [0.15, 0.2) is 76.8 Å². The van der Waals surface area contributed by atoms with Gasteiger partial charge in [-0.25, -0.2) is 23.5 Å².